The average Bonchev–Trinajstić information content (AvgIpc) is 2.53. The second kappa shape index (κ2) is 5.85. The van der Waals surface area contributed by atoms with Crippen molar-refractivity contribution in [1.29, 1.82) is 0 Å². The molecular weight excluding hydrogens is 266 g/mol. The van der Waals surface area contributed by atoms with E-state index in [2.05, 4.69) is 11.4 Å². The Morgan fingerprint density at radius 2 is 2.10 bits per heavy atom. The van der Waals surface area contributed by atoms with E-state index in [1.165, 1.54) is 5.56 Å². The van der Waals surface area contributed by atoms with Crippen LogP contribution in [0.4, 0.5) is 0 Å². The van der Waals surface area contributed by atoms with Crippen molar-refractivity contribution in [2.75, 3.05) is 19.6 Å². The fraction of sp³-hybridized carbons (Fsp3) is 0.500. The summed E-state index contributed by atoms with van der Waals surface area (Å²) in [5.41, 5.74) is 7.82. The molecule has 2 atom stereocenters. The van der Waals surface area contributed by atoms with Crippen molar-refractivity contribution in [3.8, 4) is 0 Å². The first-order valence-electron chi connectivity index (χ1n) is 7.57. The molecule has 2 unspecified atom stereocenters. The van der Waals surface area contributed by atoms with Crippen LogP contribution in [0, 0.1) is 0 Å². The van der Waals surface area contributed by atoms with Gasteiger partial charge < -0.3 is 16.0 Å². The number of amides is 2. The maximum absolute atomic E-state index is 12.9. The van der Waals surface area contributed by atoms with Crippen molar-refractivity contribution in [2.45, 2.75) is 31.2 Å². The summed E-state index contributed by atoms with van der Waals surface area (Å²) in [6, 6.07) is 7.60. The summed E-state index contributed by atoms with van der Waals surface area (Å²) < 4.78 is 0. The van der Waals surface area contributed by atoms with E-state index < -0.39 is 11.9 Å². The van der Waals surface area contributed by atoms with E-state index in [0.29, 0.717) is 19.6 Å². The second-order valence-electron chi connectivity index (χ2n) is 5.80. The van der Waals surface area contributed by atoms with Crippen molar-refractivity contribution in [2.24, 2.45) is 5.73 Å². The predicted octanol–water partition coefficient (Wildman–Crippen LogP) is 0.392. The number of fused-ring (bicyclic) bond motifs is 1. The van der Waals surface area contributed by atoms with Gasteiger partial charge in [-0.3, -0.25) is 9.59 Å². The Morgan fingerprint density at radius 1 is 1.29 bits per heavy atom. The topological polar surface area (TPSA) is 75.4 Å². The number of primary amides is 1. The monoisotopic (exact) mass is 287 g/mol. The van der Waals surface area contributed by atoms with E-state index in [-0.39, 0.29) is 11.8 Å². The zero-order valence-corrected chi connectivity index (χ0v) is 12.0. The van der Waals surface area contributed by atoms with E-state index in [1.54, 1.807) is 4.90 Å². The van der Waals surface area contributed by atoms with Crippen LogP contribution in [0.15, 0.2) is 24.3 Å². The molecule has 1 aromatic carbocycles. The fourth-order valence-corrected chi connectivity index (χ4v) is 3.43. The maximum Gasteiger partial charge on any atom is 0.241 e. The molecule has 21 heavy (non-hydrogen) atoms. The molecule has 5 heteroatoms. The minimum atomic E-state index is -0.527. The summed E-state index contributed by atoms with van der Waals surface area (Å²) in [6.45, 7) is 1.71. The zero-order chi connectivity index (χ0) is 14.8. The van der Waals surface area contributed by atoms with E-state index in [9.17, 15) is 9.59 Å². The highest BCUT2D eigenvalue weighted by atomic mass is 16.2. The van der Waals surface area contributed by atoms with Gasteiger partial charge >= 0.3 is 0 Å². The van der Waals surface area contributed by atoms with Gasteiger partial charge in [-0.25, -0.2) is 0 Å². The van der Waals surface area contributed by atoms with Gasteiger partial charge in [0.05, 0.1) is 5.92 Å². The number of aryl methyl sites for hydroxylation is 1. The molecule has 5 nitrogen and oxygen atoms in total. The third-order valence-corrected chi connectivity index (χ3v) is 4.52. The molecule has 2 aliphatic rings. The number of hydrogen-bond acceptors (Lipinski definition) is 3. The van der Waals surface area contributed by atoms with Crippen molar-refractivity contribution in [3.63, 3.8) is 0 Å². The van der Waals surface area contributed by atoms with Crippen LogP contribution in [0.3, 0.4) is 0 Å². The Kier molecular flexibility index (Phi) is 3.92. The molecule has 0 radical (unpaired) electrons. The highest BCUT2D eigenvalue weighted by molar-refractivity contribution is 5.90. The number of hydrogen-bond donors (Lipinski definition) is 2. The highest BCUT2D eigenvalue weighted by Crippen LogP contribution is 2.33. The average molecular weight is 287 g/mol. The molecule has 1 saturated heterocycles. The number of piperazine rings is 1. The molecule has 0 bridgehead atoms. The molecule has 0 saturated carbocycles. The lowest BCUT2D eigenvalue weighted by Gasteiger charge is -2.37. The zero-order valence-electron chi connectivity index (χ0n) is 12.0. The van der Waals surface area contributed by atoms with Crippen molar-refractivity contribution in [3.05, 3.63) is 35.4 Å². The summed E-state index contributed by atoms with van der Waals surface area (Å²) in [5, 5.41) is 3.13. The standard InChI is InChI=1S/C16H21N3O2/c17-15(20)14-10-18-8-9-19(14)16(21)13-7-3-5-11-4-1-2-6-12(11)13/h1-2,4,6,13-14,18H,3,5,7-10H2,(H2,17,20). The summed E-state index contributed by atoms with van der Waals surface area (Å²) in [4.78, 5) is 26.2. The first-order valence-corrected chi connectivity index (χ1v) is 7.57. The SMILES string of the molecule is NC(=O)C1CNCCN1C(=O)C1CCCc2ccccc21. The Morgan fingerprint density at radius 3 is 2.90 bits per heavy atom. The normalized spacial score (nSPS) is 25.2. The van der Waals surface area contributed by atoms with Gasteiger partial charge in [0, 0.05) is 19.6 Å². The van der Waals surface area contributed by atoms with Gasteiger partial charge in [-0.2, -0.15) is 0 Å². The molecular formula is C16H21N3O2. The lowest BCUT2D eigenvalue weighted by atomic mass is 9.81. The van der Waals surface area contributed by atoms with Crippen molar-refractivity contribution >= 4 is 11.8 Å². The van der Waals surface area contributed by atoms with Crippen LogP contribution < -0.4 is 11.1 Å². The lowest BCUT2D eigenvalue weighted by molar-refractivity contribution is -0.141. The Labute approximate surface area is 124 Å². The van der Waals surface area contributed by atoms with Gasteiger partial charge in [0.2, 0.25) is 11.8 Å². The van der Waals surface area contributed by atoms with E-state index in [4.69, 9.17) is 5.73 Å². The number of nitrogens with one attached hydrogen (secondary N) is 1. The van der Waals surface area contributed by atoms with Crippen LogP contribution in [0.5, 0.6) is 0 Å². The predicted molar refractivity (Wildman–Crippen MR) is 79.7 cm³/mol. The molecule has 0 spiro atoms. The number of nitrogens with zero attached hydrogens (tertiary/aromatic N) is 1. The Bertz CT molecular complexity index is 558. The minimum absolute atomic E-state index is 0.0486. The number of nitrogens with two attached hydrogens (primary N) is 1. The van der Waals surface area contributed by atoms with E-state index in [1.807, 2.05) is 18.2 Å². The van der Waals surface area contributed by atoms with Crippen LogP contribution >= 0.6 is 0 Å². The number of carbonyl (C=O) groups is 2. The van der Waals surface area contributed by atoms with Gasteiger partial charge in [0.25, 0.3) is 0 Å². The van der Waals surface area contributed by atoms with Crippen LogP contribution in [-0.4, -0.2) is 42.4 Å². The van der Waals surface area contributed by atoms with Crippen LogP contribution in [0.2, 0.25) is 0 Å². The van der Waals surface area contributed by atoms with Crippen molar-refractivity contribution in [1.82, 2.24) is 10.2 Å². The Hall–Kier alpha value is -1.88. The first kappa shape index (κ1) is 14.1. The molecule has 1 heterocycles. The molecule has 2 amide bonds. The lowest BCUT2D eigenvalue weighted by Crippen LogP contribution is -2.59. The molecule has 3 N–H and O–H groups in total. The van der Waals surface area contributed by atoms with Crippen LogP contribution in [-0.2, 0) is 16.0 Å². The van der Waals surface area contributed by atoms with Crippen LogP contribution in [0.25, 0.3) is 0 Å². The summed E-state index contributed by atoms with van der Waals surface area (Å²) >= 11 is 0. The highest BCUT2D eigenvalue weighted by Gasteiger charge is 2.36. The molecule has 1 aliphatic heterocycles. The van der Waals surface area contributed by atoms with E-state index >= 15 is 0 Å². The largest absolute Gasteiger partial charge is 0.368 e. The first-order chi connectivity index (χ1) is 10.2. The fourth-order valence-electron chi connectivity index (χ4n) is 3.43. The molecule has 112 valence electrons. The smallest absolute Gasteiger partial charge is 0.241 e. The Balaban J connectivity index is 1.86. The van der Waals surface area contributed by atoms with Gasteiger partial charge in [0.1, 0.15) is 6.04 Å². The second-order valence-corrected chi connectivity index (χ2v) is 5.80. The van der Waals surface area contributed by atoms with Gasteiger partial charge in [-0.15, -0.1) is 0 Å². The molecule has 1 fully saturated rings. The van der Waals surface area contributed by atoms with Crippen LogP contribution in [0.1, 0.15) is 29.9 Å². The summed E-state index contributed by atoms with van der Waals surface area (Å²) in [6.07, 6.45) is 2.90. The molecule has 3 rings (SSSR count). The van der Waals surface area contributed by atoms with Crippen molar-refractivity contribution < 1.29 is 9.59 Å². The summed E-state index contributed by atoms with van der Waals surface area (Å²) in [7, 11) is 0. The van der Waals surface area contributed by atoms with Gasteiger partial charge in [0.15, 0.2) is 0 Å². The van der Waals surface area contributed by atoms with Gasteiger partial charge in [-0.05, 0) is 30.4 Å². The third-order valence-electron chi connectivity index (χ3n) is 4.52. The quantitative estimate of drug-likeness (QED) is 0.826. The van der Waals surface area contributed by atoms with E-state index in [0.717, 1.165) is 24.8 Å². The maximum atomic E-state index is 12.9. The minimum Gasteiger partial charge on any atom is -0.368 e. The van der Waals surface area contributed by atoms with Gasteiger partial charge in [-0.1, -0.05) is 24.3 Å². The molecule has 1 aliphatic carbocycles. The molecule has 0 aromatic heterocycles. The molecule has 1 aromatic rings. The summed E-state index contributed by atoms with van der Waals surface area (Å²) in [5.74, 6) is -0.512. The number of rotatable bonds is 2. The third kappa shape index (κ3) is 2.65. The number of benzene rings is 1. The number of carbonyl (C=O) groups excluding carboxylic acids is 2.